The summed E-state index contributed by atoms with van der Waals surface area (Å²) in [5.74, 6) is -0.286. The highest BCUT2D eigenvalue weighted by Gasteiger charge is 2.32. The lowest BCUT2D eigenvalue weighted by atomic mass is 10.2. The summed E-state index contributed by atoms with van der Waals surface area (Å²) in [5.41, 5.74) is 5.23. The van der Waals surface area contributed by atoms with Crippen molar-refractivity contribution in [1.29, 1.82) is 5.41 Å². The zero-order valence-corrected chi connectivity index (χ0v) is 12.1. The lowest BCUT2D eigenvalue weighted by molar-refractivity contribution is -0.137. The highest BCUT2D eigenvalue weighted by molar-refractivity contribution is 6.37. The molecule has 0 radical (unpaired) electrons. The van der Waals surface area contributed by atoms with Crippen molar-refractivity contribution in [2.75, 3.05) is 0 Å². The number of alkyl halides is 3. The molecule has 2 rings (SSSR count). The van der Waals surface area contributed by atoms with Crippen LogP contribution in [0, 0.1) is 11.3 Å². The Morgan fingerprint density at radius 1 is 1.29 bits per heavy atom. The van der Waals surface area contributed by atoms with E-state index >= 15 is 0 Å². The van der Waals surface area contributed by atoms with Crippen molar-refractivity contribution in [2.24, 2.45) is 11.7 Å². The topological polar surface area (TPSA) is 59.1 Å². The van der Waals surface area contributed by atoms with Gasteiger partial charge in [-0.1, -0.05) is 23.2 Å². The van der Waals surface area contributed by atoms with E-state index in [1.807, 2.05) is 0 Å². The summed E-state index contributed by atoms with van der Waals surface area (Å²) < 4.78 is 42.8. The molecule has 21 heavy (non-hydrogen) atoms. The normalized spacial score (nSPS) is 16.0. The fourth-order valence-electron chi connectivity index (χ4n) is 1.65. The molecule has 0 aromatic heterocycles. The molecule has 1 aromatic carbocycles. The highest BCUT2D eigenvalue weighted by Crippen LogP contribution is 2.40. The second-order valence-electron chi connectivity index (χ2n) is 4.65. The Bertz CT molecular complexity index is 587. The maximum Gasteiger partial charge on any atom is 0.416 e. The van der Waals surface area contributed by atoms with E-state index in [0.29, 0.717) is 17.8 Å². The average molecular weight is 339 g/mol. The van der Waals surface area contributed by atoms with Crippen LogP contribution in [-0.4, -0.2) is 5.90 Å². The monoisotopic (exact) mass is 338 g/mol. The van der Waals surface area contributed by atoms with Crippen molar-refractivity contribution in [3.05, 3.63) is 39.5 Å². The van der Waals surface area contributed by atoms with E-state index in [1.54, 1.807) is 0 Å². The van der Waals surface area contributed by atoms with E-state index in [4.69, 9.17) is 39.1 Å². The zero-order chi connectivity index (χ0) is 15.8. The second-order valence-corrected chi connectivity index (χ2v) is 5.47. The van der Waals surface area contributed by atoms with Gasteiger partial charge in [-0.05, 0) is 30.9 Å². The van der Waals surface area contributed by atoms with E-state index in [2.05, 4.69) is 0 Å². The first-order chi connectivity index (χ1) is 9.68. The van der Waals surface area contributed by atoms with Crippen molar-refractivity contribution in [2.45, 2.75) is 19.0 Å². The predicted octanol–water partition coefficient (Wildman–Crippen LogP) is 4.62. The van der Waals surface area contributed by atoms with Crippen LogP contribution in [0.5, 0.6) is 5.75 Å². The maximum absolute atomic E-state index is 12.6. The number of ether oxygens (including phenoxy) is 1. The Morgan fingerprint density at radius 3 is 2.24 bits per heavy atom. The zero-order valence-electron chi connectivity index (χ0n) is 10.6. The molecular formula is C13H11Cl2F3N2O. The average Bonchev–Trinajstić information content (AvgIpc) is 3.16. The van der Waals surface area contributed by atoms with Gasteiger partial charge in [0.2, 0.25) is 5.90 Å². The largest absolute Gasteiger partial charge is 0.436 e. The van der Waals surface area contributed by atoms with Gasteiger partial charge in [-0.25, -0.2) is 0 Å². The van der Waals surface area contributed by atoms with Crippen LogP contribution in [0.25, 0.3) is 0 Å². The molecule has 0 heterocycles. The van der Waals surface area contributed by atoms with E-state index in [-0.39, 0.29) is 27.6 Å². The van der Waals surface area contributed by atoms with Crippen molar-refractivity contribution < 1.29 is 17.9 Å². The number of nitrogens with two attached hydrogens (primary N) is 1. The molecular weight excluding hydrogens is 328 g/mol. The van der Waals surface area contributed by atoms with Gasteiger partial charge in [0.25, 0.3) is 0 Å². The molecule has 3 nitrogen and oxygen atoms in total. The lowest BCUT2D eigenvalue weighted by Gasteiger charge is -2.12. The number of allylic oxidation sites excluding steroid dienone is 1. The van der Waals surface area contributed by atoms with Crippen LogP contribution in [0.15, 0.2) is 23.9 Å². The van der Waals surface area contributed by atoms with Crippen LogP contribution in [0.4, 0.5) is 13.2 Å². The van der Waals surface area contributed by atoms with Gasteiger partial charge >= 0.3 is 6.18 Å². The smallest absolute Gasteiger partial charge is 0.416 e. The van der Waals surface area contributed by atoms with Crippen molar-refractivity contribution in [1.82, 2.24) is 0 Å². The number of benzene rings is 1. The van der Waals surface area contributed by atoms with E-state index < -0.39 is 11.7 Å². The summed E-state index contributed by atoms with van der Waals surface area (Å²) in [7, 11) is 0. The Morgan fingerprint density at radius 2 is 1.81 bits per heavy atom. The molecule has 1 aliphatic carbocycles. The van der Waals surface area contributed by atoms with Gasteiger partial charge in [0.15, 0.2) is 5.75 Å². The second kappa shape index (κ2) is 5.77. The number of hydrogen-bond acceptors (Lipinski definition) is 3. The molecule has 8 heteroatoms. The third kappa shape index (κ3) is 4.04. The minimum Gasteiger partial charge on any atom is -0.436 e. The minimum absolute atomic E-state index is 0.198. The molecule has 1 aliphatic rings. The molecule has 0 aliphatic heterocycles. The van der Waals surface area contributed by atoms with Crippen molar-refractivity contribution in [3.63, 3.8) is 0 Å². The van der Waals surface area contributed by atoms with E-state index in [0.717, 1.165) is 12.8 Å². The summed E-state index contributed by atoms with van der Waals surface area (Å²) in [6.45, 7) is 0. The van der Waals surface area contributed by atoms with Crippen LogP contribution >= 0.6 is 23.2 Å². The van der Waals surface area contributed by atoms with Gasteiger partial charge in [0.1, 0.15) is 0 Å². The third-order valence-corrected chi connectivity index (χ3v) is 3.45. The Balaban J connectivity index is 2.20. The van der Waals surface area contributed by atoms with Gasteiger partial charge < -0.3 is 10.5 Å². The highest BCUT2D eigenvalue weighted by atomic mass is 35.5. The molecule has 3 N–H and O–H groups in total. The van der Waals surface area contributed by atoms with Crippen LogP contribution < -0.4 is 10.5 Å². The first-order valence-corrected chi connectivity index (χ1v) is 6.73. The van der Waals surface area contributed by atoms with Crippen LogP contribution in [0.3, 0.4) is 0 Å². The molecule has 0 unspecified atom stereocenters. The third-order valence-electron chi connectivity index (χ3n) is 2.88. The minimum atomic E-state index is -4.56. The van der Waals surface area contributed by atoms with Crippen LogP contribution in [0.1, 0.15) is 18.4 Å². The van der Waals surface area contributed by atoms with Crippen molar-refractivity contribution in [3.8, 4) is 5.75 Å². The summed E-state index contributed by atoms with van der Waals surface area (Å²) in [6, 6.07) is 1.40. The standard InChI is InChI=1S/C13H11Cl2F3N2O/c14-8-3-7(13(16,17)18)4-9(15)12(8)21-11(20)5-10(19)6-1-2-6/h3-6,20H,1-2,19H2/b10-5-,20-11?. The molecule has 0 spiro atoms. The summed E-state index contributed by atoms with van der Waals surface area (Å²) in [5, 5.41) is 6.99. The number of hydrogen-bond donors (Lipinski definition) is 2. The first kappa shape index (κ1) is 16.0. The summed E-state index contributed by atoms with van der Waals surface area (Å²) in [6.07, 6.45) is -1.34. The van der Waals surface area contributed by atoms with Gasteiger partial charge in [-0.3, -0.25) is 5.41 Å². The summed E-state index contributed by atoms with van der Waals surface area (Å²) in [4.78, 5) is 0. The fraction of sp³-hybridized carbons (Fsp3) is 0.308. The lowest BCUT2D eigenvalue weighted by Crippen LogP contribution is -2.10. The number of nitrogens with one attached hydrogen (secondary N) is 1. The number of halogens is 5. The Hall–Kier alpha value is -1.40. The predicted molar refractivity (Wildman–Crippen MR) is 74.8 cm³/mol. The molecule has 0 saturated heterocycles. The quantitative estimate of drug-likeness (QED) is 0.624. The van der Waals surface area contributed by atoms with E-state index in [9.17, 15) is 13.2 Å². The molecule has 0 atom stereocenters. The molecule has 1 fully saturated rings. The SMILES string of the molecule is N=C(/C=C(\N)C1CC1)Oc1c(Cl)cc(C(F)(F)F)cc1Cl. The molecule has 1 aromatic rings. The van der Waals surface area contributed by atoms with Crippen LogP contribution in [0.2, 0.25) is 10.0 Å². The molecule has 0 bridgehead atoms. The Kier molecular flexibility index (Phi) is 4.39. The van der Waals surface area contributed by atoms with Gasteiger partial charge in [-0.15, -0.1) is 0 Å². The van der Waals surface area contributed by atoms with E-state index in [1.165, 1.54) is 6.08 Å². The summed E-state index contributed by atoms with van der Waals surface area (Å²) >= 11 is 11.5. The van der Waals surface area contributed by atoms with Gasteiger partial charge in [-0.2, -0.15) is 13.2 Å². The first-order valence-electron chi connectivity index (χ1n) is 5.98. The molecule has 0 amide bonds. The van der Waals surface area contributed by atoms with Crippen LogP contribution in [-0.2, 0) is 6.18 Å². The Labute approximate surface area is 129 Å². The van der Waals surface area contributed by atoms with Crippen molar-refractivity contribution >= 4 is 29.1 Å². The number of rotatable bonds is 3. The molecule has 114 valence electrons. The fourth-order valence-corrected chi connectivity index (χ4v) is 2.21. The van der Waals surface area contributed by atoms with Gasteiger partial charge in [0.05, 0.1) is 15.6 Å². The van der Waals surface area contributed by atoms with Gasteiger partial charge in [0, 0.05) is 11.8 Å². The molecule has 1 saturated carbocycles. The maximum atomic E-state index is 12.6.